The lowest BCUT2D eigenvalue weighted by Gasteiger charge is -2.05. The third kappa shape index (κ3) is 3.76. The van der Waals surface area contributed by atoms with E-state index in [0.29, 0.717) is 16.3 Å². The van der Waals surface area contributed by atoms with E-state index in [9.17, 15) is 4.79 Å². The molecule has 0 aliphatic rings. The molecular weight excluding hydrogens is 358 g/mol. The van der Waals surface area contributed by atoms with Gasteiger partial charge >= 0.3 is 0 Å². The van der Waals surface area contributed by atoms with Gasteiger partial charge in [-0.25, -0.2) is 4.68 Å². The van der Waals surface area contributed by atoms with Crippen LogP contribution in [0.5, 0.6) is 0 Å². The van der Waals surface area contributed by atoms with Crippen LogP contribution in [0, 0.1) is 0 Å². The number of aromatic nitrogens is 2. The Morgan fingerprint density at radius 1 is 0.889 bits per heavy atom. The zero-order valence-electron chi connectivity index (χ0n) is 14.3. The normalized spacial score (nSPS) is 10.6. The quantitative estimate of drug-likeness (QED) is 0.517. The highest BCUT2D eigenvalue weighted by atomic mass is 35.5. The molecule has 1 N–H and O–H groups in total. The molecule has 0 bridgehead atoms. The second-order valence-corrected chi connectivity index (χ2v) is 6.44. The van der Waals surface area contributed by atoms with Gasteiger partial charge in [-0.3, -0.25) is 4.79 Å². The highest BCUT2D eigenvalue weighted by molar-refractivity contribution is 6.30. The van der Waals surface area contributed by atoms with Gasteiger partial charge in [0.05, 0.1) is 11.3 Å². The van der Waals surface area contributed by atoms with Gasteiger partial charge in [-0.1, -0.05) is 60.1 Å². The molecule has 5 heteroatoms. The van der Waals surface area contributed by atoms with Crippen LogP contribution < -0.4 is 5.32 Å². The Bertz CT molecular complexity index is 1080. The average molecular weight is 374 g/mol. The van der Waals surface area contributed by atoms with Crippen LogP contribution in [0.2, 0.25) is 5.02 Å². The lowest BCUT2D eigenvalue weighted by atomic mass is 10.1. The molecule has 0 atom stereocenters. The predicted octanol–water partition coefficient (Wildman–Crippen LogP) is 5.45. The maximum absolute atomic E-state index is 12.9. The minimum absolute atomic E-state index is 0.224. The Morgan fingerprint density at radius 3 is 2.30 bits per heavy atom. The van der Waals surface area contributed by atoms with Crippen molar-refractivity contribution in [3.8, 4) is 16.9 Å². The molecule has 3 aromatic carbocycles. The van der Waals surface area contributed by atoms with Crippen LogP contribution in [-0.4, -0.2) is 15.7 Å². The van der Waals surface area contributed by atoms with Gasteiger partial charge in [-0.2, -0.15) is 5.10 Å². The summed E-state index contributed by atoms with van der Waals surface area (Å²) in [6.07, 6.45) is 1.74. The van der Waals surface area contributed by atoms with E-state index in [-0.39, 0.29) is 5.91 Å². The highest BCUT2D eigenvalue weighted by Crippen LogP contribution is 2.27. The van der Waals surface area contributed by atoms with Crippen molar-refractivity contribution < 1.29 is 4.79 Å². The molecule has 0 fully saturated rings. The fraction of sp³-hybridized carbons (Fsp3) is 0. The first-order chi connectivity index (χ1) is 13.2. The van der Waals surface area contributed by atoms with Crippen molar-refractivity contribution in [2.45, 2.75) is 0 Å². The molecule has 0 saturated heterocycles. The molecule has 4 nitrogen and oxygen atoms in total. The number of halogens is 1. The van der Waals surface area contributed by atoms with Crippen LogP contribution in [0.3, 0.4) is 0 Å². The number of nitrogens with one attached hydrogen (secondary N) is 1. The van der Waals surface area contributed by atoms with E-state index < -0.39 is 0 Å². The van der Waals surface area contributed by atoms with Crippen molar-refractivity contribution in [3.63, 3.8) is 0 Å². The van der Waals surface area contributed by atoms with E-state index in [0.717, 1.165) is 16.9 Å². The van der Waals surface area contributed by atoms with Crippen LogP contribution in [0.4, 0.5) is 5.69 Å². The van der Waals surface area contributed by atoms with Gasteiger partial charge in [-0.15, -0.1) is 0 Å². The molecule has 1 aromatic heterocycles. The third-order valence-corrected chi connectivity index (χ3v) is 4.34. The van der Waals surface area contributed by atoms with Crippen molar-refractivity contribution in [1.29, 1.82) is 0 Å². The van der Waals surface area contributed by atoms with Crippen LogP contribution in [0.15, 0.2) is 91.1 Å². The molecule has 0 unspecified atom stereocenters. The number of anilines is 1. The smallest absolute Gasteiger partial charge is 0.259 e. The maximum atomic E-state index is 12.9. The zero-order chi connectivity index (χ0) is 18.6. The van der Waals surface area contributed by atoms with Crippen molar-refractivity contribution in [1.82, 2.24) is 9.78 Å². The van der Waals surface area contributed by atoms with E-state index in [2.05, 4.69) is 10.4 Å². The van der Waals surface area contributed by atoms with Crippen molar-refractivity contribution in [3.05, 3.63) is 102 Å². The zero-order valence-corrected chi connectivity index (χ0v) is 15.1. The molecule has 4 rings (SSSR count). The molecule has 0 aliphatic heterocycles. The molecule has 27 heavy (non-hydrogen) atoms. The topological polar surface area (TPSA) is 46.9 Å². The Morgan fingerprint density at radius 2 is 1.59 bits per heavy atom. The fourth-order valence-electron chi connectivity index (χ4n) is 2.82. The molecule has 0 radical (unpaired) electrons. The molecular formula is C22H16ClN3O. The van der Waals surface area contributed by atoms with Crippen molar-refractivity contribution >= 4 is 23.2 Å². The summed E-state index contributed by atoms with van der Waals surface area (Å²) >= 11 is 6.15. The number of para-hydroxylation sites is 2. The van der Waals surface area contributed by atoms with Gasteiger partial charge in [-0.05, 0) is 36.4 Å². The molecule has 0 saturated carbocycles. The first-order valence-corrected chi connectivity index (χ1v) is 8.86. The van der Waals surface area contributed by atoms with Gasteiger partial charge in [0.1, 0.15) is 5.69 Å². The summed E-state index contributed by atoms with van der Waals surface area (Å²) in [6.45, 7) is 0. The van der Waals surface area contributed by atoms with E-state index >= 15 is 0 Å². The largest absolute Gasteiger partial charge is 0.322 e. The van der Waals surface area contributed by atoms with E-state index in [4.69, 9.17) is 11.6 Å². The number of carbonyl (C=O) groups excluding carboxylic acids is 1. The Hall–Kier alpha value is -3.37. The monoisotopic (exact) mass is 373 g/mol. The van der Waals surface area contributed by atoms with E-state index in [1.165, 1.54) is 0 Å². The average Bonchev–Trinajstić information content (AvgIpc) is 3.15. The minimum atomic E-state index is -0.224. The number of hydrogen-bond donors (Lipinski definition) is 1. The lowest BCUT2D eigenvalue weighted by Crippen LogP contribution is -2.12. The number of benzene rings is 3. The molecule has 0 spiro atoms. The second kappa shape index (κ2) is 7.48. The summed E-state index contributed by atoms with van der Waals surface area (Å²) in [5.74, 6) is -0.224. The number of nitrogens with zero attached hydrogens (tertiary/aromatic N) is 2. The van der Waals surface area contributed by atoms with Gasteiger partial charge in [0.25, 0.3) is 5.91 Å². The van der Waals surface area contributed by atoms with Gasteiger partial charge in [0.2, 0.25) is 0 Å². The summed E-state index contributed by atoms with van der Waals surface area (Å²) in [5.41, 5.74) is 3.45. The second-order valence-electron chi connectivity index (χ2n) is 6.00. The lowest BCUT2D eigenvalue weighted by molar-refractivity contribution is 0.102. The first kappa shape index (κ1) is 17.1. The summed E-state index contributed by atoms with van der Waals surface area (Å²) in [5, 5.41) is 8.17. The van der Waals surface area contributed by atoms with E-state index in [1.54, 1.807) is 23.0 Å². The number of amides is 1. The Labute approximate surface area is 162 Å². The van der Waals surface area contributed by atoms with Crippen molar-refractivity contribution in [2.75, 3.05) is 5.32 Å². The number of carbonyl (C=O) groups is 1. The number of hydrogen-bond acceptors (Lipinski definition) is 2. The van der Waals surface area contributed by atoms with Crippen LogP contribution >= 0.6 is 11.6 Å². The third-order valence-electron chi connectivity index (χ3n) is 4.11. The molecule has 132 valence electrons. The van der Waals surface area contributed by atoms with Crippen LogP contribution in [-0.2, 0) is 0 Å². The molecule has 1 heterocycles. The van der Waals surface area contributed by atoms with Gasteiger partial charge < -0.3 is 5.32 Å². The molecule has 0 aliphatic carbocycles. The highest BCUT2D eigenvalue weighted by Gasteiger charge is 2.19. The summed E-state index contributed by atoms with van der Waals surface area (Å²) < 4.78 is 1.70. The molecule has 1 amide bonds. The summed E-state index contributed by atoms with van der Waals surface area (Å²) in [7, 11) is 0. The van der Waals surface area contributed by atoms with Crippen molar-refractivity contribution in [2.24, 2.45) is 0 Å². The Kier molecular flexibility index (Phi) is 4.73. The minimum Gasteiger partial charge on any atom is -0.322 e. The summed E-state index contributed by atoms with van der Waals surface area (Å²) in [4.78, 5) is 12.9. The standard InChI is InChI=1S/C22H16ClN3O/c23-17-9-7-8-16(14-17)21-20(22(27)24-18-10-3-1-4-11-18)15-26(25-21)19-12-5-2-6-13-19/h1-15H,(H,24,27). The predicted molar refractivity (Wildman–Crippen MR) is 108 cm³/mol. The fourth-order valence-corrected chi connectivity index (χ4v) is 3.01. The Balaban J connectivity index is 1.78. The summed E-state index contributed by atoms with van der Waals surface area (Å²) in [6, 6.07) is 26.4. The van der Waals surface area contributed by atoms with Gasteiger partial charge in [0.15, 0.2) is 0 Å². The number of rotatable bonds is 4. The van der Waals surface area contributed by atoms with Gasteiger partial charge in [0, 0.05) is 22.5 Å². The maximum Gasteiger partial charge on any atom is 0.259 e. The first-order valence-electron chi connectivity index (χ1n) is 8.48. The molecule has 4 aromatic rings. The van der Waals surface area contributed by atoms with Crippen LogP contribution in [0.1, 0.15) is 10.4 Å². The van der Waals surface area contributed by atoms with Crippen LogP contribution in [0.25, 0.3) is 16.9 Å². The SMILES string of the molecule is O=C(Nc1ccccc1)c1cn(-c2ccccc2)nc1-c1cccc(Cl)c1. The van der Waals surface area contributed by atoms with E-state index in [1.807, 2.05) is 72.8 Å².